The van der Waals surface area contributed by atoms with Crippen LogP contribution in [-0.2, 0) is 9.47 Å². The molecular weight excluding hydrogens is 347 g/mol. The van der Waals surface area contributed by atoms with Gasteiger partial charge in [-0.05, 0) is 5.92 Å². The number of nitrogens with two attached hydrogens (primary N) is 2. The Balaban J connectivity index is 2.23. The first kappa shape index (κ1) is 20.3. The number of aliphatic hydroxyl groups is 1. The summed E-state index contributed by atoms with van der Waals surface area (Å²) >= 11 is 0. The molecule has 26 heavy (non-hydrogen) atoms. The Labute approximate surface area is 149 Å². The summed E-state index contributed by atoms with van der Waals surface area (Å²) < 4.78 is 26.6. The van der Waals surface area contributed by atoms with E-state index in [0.717, 1.165) is 16.8 Å². The molecule has 1 aromatic rings. The fourth-order valence-corrected chi connectivity index (χ4v) is 2.69. The van der Waals surface area contributed by atoms with E-state index in [9.17, 15) is 19.1 Å². The molecule has 2 rings (SSSR count). The number of halogens is 1. The lowest BCUT2D eigenvalue weighted by atomic mass is 9.96. The van der Waals surface area contributed by atoms with Crippen LogP contribution in [0.1, 0.15) is 20.1 Å². The molecule has 146 valence electrons. The van der Waals surface area contributed by atoms with Gasteiger partial charge in [0.1, 0.15) is 24.1 Å². The van der Waals surface area contributed by atoms with Crippen LogP contribution in [0.3, 0.4) is 0 Å². The van der Waals surface area contributed by atoms with Crippen molar-refractivity contribution < 1.29 is 19.0 Å². The minimum Gasteiger partial charge on any atom is -0.494 e. The highest BCUT2D eigenvalue weighted by molar-refractivity contribution is 5.05. The van der Waals surface area contributed by atoms with E-state index < -0.39 is 41.4 Å². The predicted molar refractivity (Wildman–Crippen MR) is 92.0 cm³/mol. The molecule has 0 spiro atoms. The number of aliphatic hydroxyl groups excluding tert-OH is 1. The maximum atomic E-state index is 14.7. The van der Waals surface area contributed by atoms with Gasteiger partial charge in [0.25, 0.3) is 5.56 Å². The van der Waals surface area contributed by atoms with Gasteiger partial charge < -0.3 is 26.0 Å². The van der Waals surface area contributed by atoms with Crippen LogP contribution in [0, 0.1) is 5.92 Å². The van der Waals surface area contributed by atoms with Crippen molar-refractivity contribution in [3.05, 3.63) is 45.4 Å². The normalized spacial score (nSPS) is 29.7. The first-order chi connectivity index (χ1) is 12.1. The number of aromatic nitrogens is 2. The lowest BCUT2D eigenvalue weighted by molar-refractivity contribution is -0.128. The van der Waals surface area contributed by atoms with E-state index in [1.807, 2.05) is 18.8 Å². The topological polar surface area (TPSA) is 146 Å². The van der Waals surface area contributed by atoms with Crippen LogP contribution in [0.4, 0.5) is 4.39 Å². The quantitative estimate of drug-likeness (QED) is 0.448. The van der Waals surface area contributed by atoms with Crippen LogP contribution in [0.2, 0.25) is 0 Å². The van der Waals surface area contributed by atoms with Crippen molar-refractivity contribution in [3.8, 4) is 0 Å². The maximum absolute atomic E-state index is 14.7. The smallest absolute Gasteiger partial charge is 0.330 e. The number of aromatic amines is 1. The zero-order chi connectivity index (χ0) is 19.6. The molecule has 1 aliphatic rings. The van der Waals surface area contributed by atoms with E-state index >= 15 is 0 Å². The first-order valence-electron chi connectivity index (χ1n) is 8.21. The molecule has 1 aromatic heterocycles. The van der Waals surface area contributed by atoms with Gasteiger partial charge in [-0.2, -0.15) is 0 Å². The van der Waals surface area contributed by atoms with Gasteiger partial charge in [-0.1, -0.05) is 20.4 Å². The summed E-state index contributed by atoms with van der Waals surface area (Å²) in [5.41, 5.74) is 8.55. The first-order valence-corrected chi connectivity index (χ1v) is 8.21. The summed E-state index contributed by atoms with van der Waals surface area (Å²) in [6, 6.07) is 0.592. The molecule has 2 heterocycles. The second kappa shape index (κ2) is 7.70. The molecule has 2 unspecified atom stereocenters. The molecule has 0 aromatic carbocycles. The largest absolute Gasteiger partial charge is 0.494 e. The SMILES string of the molecule is C=C(OC[C@@]1(CN)O[C@@H](n2ccc(=O)[nH]c2=O)[C@H](F)C1O)C(N)C(C)C. The Hall–Kier alpha value is -2.01. The third-order valence-electron chi connectivity index (χ3n) is 4.53. The van der Waals surface area contributed by atoms with Crippen LogP contribution in [-0.4, -0.2) is 51.7 Å². The highest BCUT2D eigenvalue weighted by atomic mass is 19.1. The molecule has 0 bridgehead atoms. The number of rotatable bonds is 7. The number of ether oxygens (including phenoxy) is 2. The summed E-state index contributed by atoms with van der Waals surface area (Å²) in [6.45, 7) is 6.94. The molecule has 9 nitrogen and oxygen atoms in total. The Kier molecular flexibility index (Phi) is 6.02. The van der Waals surface area contributed by atoms with Gasteiger partial charge in [-0.3, -0.25) is 14.3 Å². The molecule has 1 aliphatic heterocycles. The van der Waals surface area contributed by atoms with Gasteiger partial charge in [0.15, 0.2) is 12.4 Å². The van der Waals surface area contributed by atoms with Crippen molar-refractivity contribution >= 4 is 0 Å². The zero-order valence-electron chi connectivity index (χ0n) is 14.7. The number of nitrogens with one attached hydrogen (secondary N) is 1. The summed E-state index contributed by atoms with van der Waals surface area (Å²) in [7, 11) is 0. The van der Waals surface area contributed by atoms with Crippen LogP contribution >= 0.6 is 0 Å². The van der Waals surface area contributed by atoms with E-state index in [-0.39, 0.29) is 24.8 Å². The second-order valence-corrected chi connectivity index (χ2v) is 6.71. The highest BCUT2D eigenvalue weighted by Crippen LogP contribution is 2.38. The van der Waals surface area contributed by atoms with Crippen molar-refractivity contribution in [2.75, 3.05) is 13.2 Å². The fourth-order valence-electron chi connectivity index (χ4n) is 2.69. The Morgan fingerprint density at radius 2 is 2.23 bits per heavy atom. The third kappa shape index (κ3) is 3.73. The monoisotopic (exact) mass is 372 g/mol. The van der Waals surface area contributed by atoms with Gasteiger partial charge in [0.2, 0.25) is 0 Å². The van der Waals surface area contributed by atoms with Gasteiger partial charge in [0, 0.05) is 18.8 Å². The van der Waals surface area contributed by atoms with Gasteiger partial charge in [-0.25, -0.2) is 9.18 Å². The average molecular weight is 372 g/mol. The van der Waals surface area contributed by atoms with E-state index in [1.165, 1.54) is 0 Å². The number of alkyl halides is 1. The minimum atomic E-state index is -1.96. The molecule has 1 saturated heterocycles. The maximum Gasteiger partial charge on any atom is 0.330 e. The summed E-state index contributed by atoms with van der Waals surface area (Å²) in [5.74, 6) is 0.316. The number of hydrogen-bond acceptors (Lipinski definition) is 7. The summed E-state index contributed by atoms with van der Waals surface area (Å²) in [5, 5.41) is 10.3. The Morgan fingerprint density at radius 1 is 1.58 bits per heavy atom. The van der Waals surface area contributed by atoms with Gasteiger partial charge in [0.05, 0.1) is 6.04 Å². The second-order valence-electron chi connectivity index (χ2n) is 6.71. The van der Waals surface area contributed by atoms with Crippen molar-refractivity contribution in [3.63, 3.8) is 0 Å². The highest BCUT2D eigenvalue weighted by Gasteiger charge is 2.56. The molecule has 0 amide bonds. The van der Waals surface area contributed by atoms with Crippen LogP contribution in [0.5, 0.6) is 0 Å². The van der Waals surface area contributed by atoms with E-state index in [2.05, 4.69) is 6.58 Å². The van der Waals surface area contributed by atoms with Crippen molar-refractivity contribution in [2.45, 2.75) is 44.0 Å². The lowest BCUT2D eigenvalue weighted by Gasteiger charge is -2.31. The van der Waals surface area contributed by atoms with Crippen molar-refractivity contribution in [1.82, 2.24) is 9.55 Å². The molecule has 10 heteroatoms. The van der Waals surface area contributed by atoms with E-state index in [4.69, 9.17) is 20.9 Å². The zero-order valence-corrected chi connectivity index (χ0v) is 14.7. The molecule has 0 saturated carbocycles. The number of nitrogens with zero attached hydrogens (tertiary/aromatic N) is 1. The minimum absolute atomic E-state index is 0.0622. The van der Waals surface area contributed by atoms with E-state index in [0.29, 0.717) is 0 Å². The lowest BCUT2D eigenvalue weighted by Crippen LogP contribution is -2.52. The molecule has 5 atom stereocenters. The standard InChI is InChI=1S/C16H25FN4O5/c1-8(2)12(19)9(3)25-7-16(6-18)13(23)11(17)14(26-16)21-5-4-10(22)20-15(21)24/h4-5,8,11-14,23H,3,6-7,18-19H2,1-2H3,(H,20,22,24)/t11-,12?,13?,14-,16-/m1/s1. The summed E-state index contributed by atoms with van der Waals surface area (Å²) in [6.07, 6.45) is -3.99. The number of hydrogen-bond donors (Lipinski definition) is 4. The molecule has 0 radical (unpaired) electrons. The number of H-pyrrole nitrogens is 1. The van der Waals surface area contributed by atoms with Gasteiger partial charge in [-0.15, -0.1) is 0 Å². The average Bonchev–Trinajstić information content (AvgIpc) is 2.84. The summed E-state index contributed by atoms with van der Waals surface area (Å²) in [4.78, 5) is 25.1. The van der Waals surface area contributed by atoms with Crippen molar-refractivity contribution in [2.24, 2.45) is 17.4 Å². The van der Waals surface area contributed by atoms with Crippen LogP contribution < -0.4 is 22.7 Å². The predicted octanol–water partition coefficient (Wildman–Crippen LogP) is -1.02. The van der Waals surface area contributed by atoms with Crippen LogP contribution in [0.15, 0.2) is 34.2 Å². The molecular formula is C16H25FN4O5. The molecule has 0 aliphatic carbocycles. The Morgan fingerprint density at radius 3 is 2.77 bits per heavy atom. The third-order valence-corrected chi connectivity index (χ3v) is 4.53. The van der Waals surface area contributed by atoms with E-state index in [1.54, 1.807) is 0 Å². The Bertz CT molecular complexity index is 763. The molecule has 1 fully saturated rings. The van der Waals surface area contributed by atoms with Crippen molar-refractivity contribution in [1.29, 1.82) is 0 Å². The fraction of sp³-hybridized carbons (Fsp3) is 0.625. The molecule has 6 N–H and O–H groups in total. The van der Waals surface area contributed by atoms with Crippen LogP contribution in [0.25, 0.3) is 0 Å². The van der Waals surface area contributed by atoms with Gasteiger partial charge >= 0.3 is 5.69 Å².